The van der Waals surface area contributed by atoms with Crippen molar-refractivity contribution in [2.24, 2.45) is 5.92 Å². The van der Waals surface area contributed by atoms with Crippen molar-refractivity contribution in [1.82, 2.24) is 5.32 Å². The van der Waals surface area contributed by atoms with E-state index < -0.39 is 0 Å². The molecule has 0 aromatic heterocycles. The molecular weight excluding hydrogens is 198 g/mol. The van der Waals surface area contributed by atoms with E-state index in [0.29, 0.717) is 5.92 Å². The Balaban J connectivity index is 2.22. The number of rotatable bonds is 5. The fourth-order valence-electron chi connectivity index (χ4n) is 2.39. The van der Waals surface area contributed by atoms with Crippen LogP contribution < -0.4 is 5.32 Å². The van der Waals surface area contributed by atoms with E-state index in [9.17, 15) is 0 Å². The zero-order valence-corrected chi connectivity index (χ0v) is 11.3. The Hall–Kier alpha value is -0.500. The van der Waals surface area contributed by atoms with Gasteiger partial charge in [-0.3, -0.25) is 0 Å². The Labute approximate surface area is 100 Å². The van der Waals surface area contributed by atoms with Crippen LogP contribution in [0.4, 0.5) is 0 Å². The molecular formula is C14H27NO. The summed E-state index contributed by atoms with van der Waals surface area (Å²) in [7, 11) is 0. The number of nitrogens with one attached hydrogen (secondary N) is 1. The van der Waals surface area contributed by atoms with Gasteiger partial charge in [-0.15, -0.1) is 0 Å². The lowest BCUT2D eigenvalue weighted by Crippen LogP contribution is -2.24. The first-order valence-electron chi connectivity index (χ1n) is 6.47. The molecule has 1 rings (SSSR count). The molecule has 1 aliphatic rings. The number of hydrogen-bond acceptors (Lipinski definition) is 2. The van der Waals surface area contributed by atoms with Crippen LogP contribution in [0.15, 0.2) is 12.3 Å². The van der Waals surface area contributed by atoms with Crippen LogP contribution in [0.3, 0.4) is 0 Å². The maximum atomic E-state index is 5.76. The lowest BCUT2D eigenvalue weighted by atomic mass is 9.97. The van der Waals surface area contributed by atoms with Crippen LogP contribution in [-0.4, -0.2) is 18.2 Å². The molecule has 0 aliphatic carbocycles. The van der Waals surface area contributed by atoms with Crippen molar-refractivity contribution in [3.63, 3.8) is 0 Å². The standard InChI is InChI=1S/C14H27NO/c1-11(10-13-7-6-8-15-13)9-12(2)16-14(3,4)5/h11,13,15H,2,6-10H2,1,3-5H3. The van der Waals surface area contributed by atoms with E-state index in [4.69, 9.17) is 4.74 Å². The van der Waals surface area contributed by atoms with Crippen molar-refractivity contribution in [2.75, 3.05) is 6.54 Å². The fourth-order valence-corrected chi connectivity index (χ4v) is 2.39. The van der Waals surface area contributed by atoms with Gasteiger partial charge >= 0.3 is 0 Å². The Morgan fingerprint density at radius 1 is 1.50 bits per heavy atom. The molecule has 0 aromatic rings. The predicted molar refractivity (Wildman–Crippen MR) is 69.4 cm³/mol. The van der Waals surface area contributed by atoms with Gasteiger partial charge in [0, 0.05) is 12.5 Å². The van der Waals surface area contributed by atoms with E-state index in [0.717, 1.165) is 18.2 Å². The van der Waals surface area contributed by atoms with Crippen LogP contribution in [0.25, 0.3) is 0 Å². The van der Waals surface area contributed by atoms with E-state index in [1.54, 1.807) is 0 Å². The highest BCUT2D eigenvalue weighted by Crippen LogP contribution is 2.23. The third kappa shape index (κ3) is 5.55. The summed E-state index contributed by atoms with van der Waals surface area (Å²) in [6.07, 6.45) is 4.88. The van der Waals surface area contributed by atoms with Crippen molar-refractivity contribution < 1.29 is 4.74 Å². The second-order valence-corrected chi connectivity index (χ2v) is 6.09. The minimum atomic E-state index is -0.109. The van der Waals surface area contributed by atoms with Gasteiger partial charge in [0.25, 0.3) is 0 Å². The van der Waals surface area contributed by atoms with Crippen molar-refractivity contribution >= 4 is 0 Å². The zero-order chi connectivity index (χ0) is 12.2. The maximum absolute atomic E-state index is 5.76. The molecule has 1 N–H and O–H groups in total. The van der Waals surface area contributed by atoms with Gasteiger partial charge in [0.1, 0.15) is 5.60 Å². The van der Waals surface area contributed by atoms with Crippen LogP contribution in [0.5, 0.6) is 0 Å². The topological polar surface area (TPSA) is 21.3 Å². The second kappa shape index (κ2) is 5.72. The molecule has 0 bridgehead atoms. The van der Waals surface area contributed by atoms with Crippen LogP contribution in [0.1, 0.15) is 53.4 Å². The van der Waals surface area contributed by atoms with Crippen molar-refractivity contribution in [3.8, 4) is 0 Å². The molecule has 1 heterocycles. The van der Waals surface area contributed by atoms with Crippen LogP contribution in [-0.2, 0) is 4.74 Å². The average Bonchev–Trinajstić information content (AvgIpc) is 2.51. The van der Waals surface area contributed by atoms with Crippen molar-refractivity contribution in [3.05, 3.63) is 12.3 Å². The third-order valence-corrected chi connectivity index (χ3v) is 2.88. The van der Waals surface area contributed by atoms with Gasteiger partial charge in [-0.2, -0.15) is 0 Å². The Morgan fingerprint density at radius 2 is 2.19 bits per heavy atom. The third-order valence-electron chi connectivity index (χ3n) is 2.88. The summed E-state index contributed by atoms with van der Waals surface area (Å²) in [6, 6.07) is 0.720. The summed E-state index contributed by atoms with van der Waals surface area (Å²) in [5.74, 6) is 1.59. The largest absolute Gasteiger partial charge is 0.493 e. The van der Waals surface area contributed by atoms with E-state index in [1.807, 2.05) is 0 Å². The fraction of sp³-hybridized carbons (Fsp3) is 0.857. The summed E-state index contributed by atoms with van der Waals surface area (Å²) in [6.45, 7) is 13.7. The number of hydrogen-bond donors (Lipinski definition) is 1. The Kier molecular flexibility index (Phi) is 4.85. The van der Waals surface area contributed by atoms with Gasteiger partial charge in [0.05, 0.1) is 5.76 Å². The van der Waals surface area contributed by atoms with Gasteiger partial charge < -0.3 is 10.1 Å². The van der Waals surface area contributed by atoms with Crippen LogP contribution in [0.2, 0.25) is 0 Å². The van der Waals surface area contributed by atoms with E-state index in [1.165, 1.54) is 25.8 Å². The molecule has 0 amide bonds. The molecule has 2 nitrogen and oxygen atoms in total. The van der Waals surface area contributed by atoms with Gasteiger partial charge in [-0.1, -0.05) is 13.5 Å². The molecule has 1 saturated heterocycles. The Morgan fingerprint density at radius 3 is 2.69 bits per heavy atom. The summed E-state index contributed by atoms with van der Waals surface area (Å²) < 4.78 is 5.76. The van der Waals surface area contributed by atoms with Crippen LogP contribution >= 0.6 is 0 Å². The summed E-state index contributed by atoms with van der Waals surface area (Å²) in [5, 5.41) is 3.54. The van der Waals surface area contributed by atoms with Crippen LogP contribution in [0, 0.1) is 5.92 Å². The molecule has 0 aromatic carbocycles. The molecule has 0 spiro atoms. The molecule has 2 unspecified atom stereocenters. The van der Waals surface area contributed by atoms with E-state index >= 15 is 0 Å². The molecule has 2 heteroatoms. The smallest absolute Gasteiger partial charge is 0.100 e. The van der Waals surface area contributed by atoms with E-state index in [2.05, 4.69) is 39.6 Å². The maximum Gasteiger partial charge on any atom is 0.100 e. The first-order valence-corrected chi connectivity index (χ1v) is 6.47. The zero-order valence-electron chi connectivity index (χ0n) is 11.3. The number of allylic oxidation sites excluding steroid dienone is 1. The van der Waals surface area contributed by atoms with Gasteiger partial charge in [-0.25, -0.2) is 0 Å². The lowest BCUT2D eigenvalue weighted by Gasteiger charge is -2.25. The first kappa shape index (κ1) is 13.6. The van der Waals surface area contributed by atoms with Gasteiger partial charge in [-0.05, 0) is 52.5 Å². The highest BCUT2D eigenvalue weighted by Gasteiger charge is 2.19. The first-order chi connectivity index (χ1) is 7.37. The lowest BCUT2D eigenvalue weighted by molar-refractivity contribution is 0.0438. The quantitative estimate of drug-likeness (QED) is 0.723. The van der Waals surface area contributed by atoms with E-state index in [-0.39, 0.29) is 5.60 Å². The van der Waals surface area contributed by atoms with Crippen molar-refractivity contribution in [2.45, 2.75) is 65.0 Å². The highest BCUT2D eigenvalue weighted by molar-refractivity contribution is 4.89. The SMILES string of the molecule is C=C(CC(C)CC1CCCN1)OC(C)(C)C. The summed E-state index contributed by atoms with van der Waals surface area (Å²) in [5.41, 5.74) is -0.109. The molecule has 94 valence electrons. The molecule has 0 radical (unpaired) electrons. The molecule has 0 saturated carbocycles. The summed E-state index contributed by atoms with van der Waals surface area (Å²) >= 11 is 0. The minimum absolute atomic E-state index is 0.109. The van der Waals surface area contributed by atoms with Gasteiger partial charge in [0.15, 0.2) is 0 Å². The molecule has 1 fully saturated rings. The highest BCUT2D eigenvalue weighted by atomic mass is 16.5. The molecule has 16 heavy (non-hydrogen) atoms. The Bertz CT molecular complexity index is 223. The van der Waals surface area contributed by atoms with Crippen molar-refractivity contribution in [1.29, 1.82) is 0 Å². The average molecular weight is 225 g/mol. The molecule has 1 aliphatic heterocycles. The molecule has 2 atom stereocenters. The predicted octanol–water partition coefficient (Wildman–Crippen LogP) is 3.48. The summed E-state index contributed by atoms with van der Waals surface area (Å²) in [4.78, 5) is 0. The monoisotopic (exact) mass is 225 g/mol. The minimum Gasteiger partial charge on any atom is -0.493 e. The normalized spacial score (nSPS) is 23.1. The second-order valence-electron chi connectivity index (χ2n) is 6.09. The number of ether oxygens (including phenoxy) is 1. The van der Waals surface area contributed by atoms with Gasteiger partial charge in [0.2, 0.25) is 0 Å².